The smallest absolute Gasteiger partial charge is 0.228 e. The van der Waals surface area contributed by atoms with E-state index in [-0.39, 0.29) is 5.91 Å². The van der Waals surface area contributed by atoms with Crippen LogP contribution in [0.4, 0.5) is 5.69 Å². The Balaban J connectivity index is 2.16. The van der Waals surface area contributed by atoms with Crippen molar-refractivity contribution in [1.29, 1.82) is 5.26 Å². The highest BCUT2D eigenvalue weighted by molar-refractivity contribution is 5.98. The molecule has 1 aliphatic rings. The molecular weight excluding hydrogens is 248 g/mol. The lowest BCUT2D eigenvalue weighted by atomic mass is 9.88. The monoisotopic (exact) mass is 262 g/mol. The maximum absolute atomic E-state index is 12.3. The predicted molar refractivity (Wildman–Crippen MR) is 76.9 cm³/mol. The molecule has 1 atom stereocenters. The summed E-state index contributed by atoms with van der Waals surface area (Å²) in [5.41, 5.74) is 0.761. The van der Waals surface area contributed by atoms with Crippen LogP contribution in [0.3, 0.4) is 0 Å². The highest BCUT2D eigenvalue weighted by Crippen LogP contribution is 2.42. The second-order valence-corrected chi connectivity index (χ2v) is 4.90. The Morgan fingerprint density at radius 1 is 1.00 bits per heavy atom. The van der Waals surface area contributed by atoms with Crippen molar-refractivity contribution in [2.45, 2.75) is 18.4 Å². The molecule has 0 spiro atoms. The van der Waals surface area contributed by atoms with E-state index in [1.807, 2.05) is 60.7 Å². The Bertz CT molecular complexity index is 660. The summed E-state index contributed by atoms with van der Waals surface area (Å²) in [5, 5.41) is 9.78. The molecule has 0 aromatic heterocycles. The molecule has 0 radical (unpaired) electrons. The summed E-state index contributed by atoms with van der Waals surface area (Å²) in [6, 6.07) is 21.3. The van der Waals surface area contributed by atoms with Gasteiger partial charge in [-0.15, -0.1) is 0 Å². The van der Waals surface area contributed by atoms with Gasteiger partial charge in [0.1, 0.15) is 0 Å². The van der Waals surface area contributed by atoms with E-state index >= 15 is 0 Å². The molecule has 0 bridgehead atoms. The van der Waals surface area contributed by atoms with Gasteiger partial charge in [-0.1, -0.05) is 48.5 Å². The van der Waals surface area contributed by atoms with E-state index in [0.717, 1.165) is 11.3 Å². The number of carbonyl (C=O) groups excluding carboxylic acids is 1. The van der Waals surface area contributed by atoms with E-state index in [2.05, 4.69) is 6.07 Å². The summed E-state index contributed by atoms with van der Waals surface area (Å²) >= 11 is 0. The topological polar surface area (TPSA) is 44.1 Å². The molecule has 1 fully saturated rings. The lowest BCUT2D eigenvalue weighted by Crippen LogP contribution is -2.42. The van der Waals surface area contributed by atoms with Crippen molar-refractivity contribution >= 4 is 11.6 Å². The third-order valence-corrected chi connectivity index (χ3v) is 3.78. The minimum Gasteiger partial charge on any atom is -0.289 e. The summed E-state index contributed by atoms with van der Waals surface area (Å²) in [4.78, 5) is 13.9. The van der Waals surface area contributed by atoms with Crippen molar-refractivity contribution in [3.63, 3.8) is 0 Å². The number of nitriles is 1. The van der Waals surface area contributed by atoms with Crippen molar-refractivity contribution in [2.75, 3.05) is 4.90 Å². The van der Waals surface area contributed by atoms with Gasteiger partial charge >= 0.3 is 0 Å². The molecule has 0 unspecified atom stereocenters. The van der Waals surface area contributed by atoms with Crippen LogP contribution >= 0.6 is 0 Å². The molecule has 3 nitrogen and oxygen atoms in total. The third-order valence-electron chi connectivity index (χ3n) is 3.78. The maximum atomic E-state index is 12.3. The minimum atomic E-state index is -0.889. The third kappa shape index (κ3) is 1.78. The molecule has 1 heterocycles. The summed E-state index contributed by atoms with van der Waals surface area (Å²) < 4.78 is 0. The Morgan fingerprint density at radius 3 is 2.20 bits per heavy atom. The standard InChI is InChI=1S/C17H14N2O/c18-13-17(14-7-3-1-4-8-14)12-11-16(20)19(17)15-9-5-2-6-10-15/h1-10H,11-12H2/t17-/m1/s1. The van der Waals surface area contributed by atoms with Crippen LogP contribution in [0.25, 0.3) is 0 Å². The Morgan fingerprint density at radius 2 is 1.60 bits per heavy atom. The fraction of sp³-hybridized carbons (Fsp3) is 0.176. The first-order chi connectivity index (χ1) is 9.78. The number of rotatable bonds is 2. The normalized spacial score (nSPS) is 21.8. The first kappa shape index (κ1) is 12.4. The Hall–Kier alpha value is -2.60. The molecule has 1 amide bonds. The number of carbonyl (C=O) groups is 1. The zero-order valence-corrected chi connectivity index (χ0v) is 11.0. The molecule has 0 saturated carbocycles. The van der Waals surface area contributed by atoms with Crippen LogP contribution in [0.15, 0.2) is 60.7 Å². The van der Waals surface area contributed by atoms with Gasteiger partial charge in [0.25, 0.3) is 0 Å². The lowest BCUT2D eigenvalue weighted by molar-refractivity contribution is -0.117. The lowest BCUT2D eigenvalue weighted by Gasteiger charge is -2.33. The molecule has 20 heavy (non-hydrogen) atoms. The number of hydrogen-bond donors (Lipinski definition) is 0. The fourth-order valence-electron chi connectivity index (χ4n) is 2.82. The van der Waals surface area contributed by atoms with E-state index in [9.17, 15) is 10.1 Å². The number of benzene rings is 2. The van der Waals surface area contributed by atoms with Crippen LogP contribution in [-0.4, -0.2) is 5.91 Å². The molecule has 98 valence electrons. The van der Waals surface area contributed by atoms with E-state index in [4.69, 9.17) is 0 Å². The van der Waals surface area contributed by atoms with Gasteiger partial charge in [0.15, 0.2) is 5.54 Å². The van der Waals surface area contributed by atoms with E-state index in [1.165, 1.54) is 0 Å². The van der Waals surface area contributed by atoms with Crippen molar-refractivity contribution in [2.24, 2.45) is 0 Å². The van der Waals surface area contributed by atoms with Crippen LogP contribution in [0.1, 0.15) is 18.4 Å². The first-order valence-corrected chi connectivity index (χ1v) is 6.63. The van der Waals surface area contributed by atoms with Gasteiger partial charge in [-0.25, -0.2) is 0 Å². The molecule has 1 aliphatic heterocycles. The SMILES string of the molecule is N#C[C@@]1(c2ccccc2)CCC(=O)N1c1ccccc1. The molecular formula is C17H14N2O. The van der Waals surface area contributed by atoms with Crippen LogP contribution in [0, 0.1) is 11.3 Å². The van der Waals surface area contributed by atoms with Gasteiger partial charge in [0.05, 0.1) is 6.07 Å². The van der Waals surface area contributed by atoms with Crippen molar-refractivity contribution in [3.05, 3.63) is 66.2 Å². The van der Waals surface area contributed by atoms with Gasteiger partial charge < -0.3 is 0 Å². The van der Waals surface area contributed by atoms with Crippen molar-refractivity contribution in [1.82, 2.24) is 0 Å². The molecule has 3 rings (SSSR count). The van der Waals surface area contributed by atoms with Crippen molar-refractivity contribution in [3.8, 4) is 6.07 Å². The van der Waals surface area contributed by atoms with Gasteiger partial charge in [-0.2, -0.15) is 5.26 Å². The first-order valence-electron chi connectivity index (χ1n) is 6.63. The van der Waals surface area contributed by atoms with Crippen LogP contribution in [-0.2, 0) is 10.3 Å². The largest absolute Gasteiger partial charge is 0.289 e. The van der Waals surface area contributed by atoms with Crippen molar-refractivity contribution < 1.29 is 4.79 Å². The molecule has 0 N–H and O–H groups in total. The maximum Gasteiger partial charge on any atom is 0.228 e. The zero-order valence-electron chi connectivity index (χ0n) is 11.0. The molecule has 3 heteroatoms. The zero-order chi connectivity index (χ0) is 14.0. The number of amides is 1. The second-order valence-electron chi connectivity index (χ2n) is 4.90. The van der Waals surface area contributed by atoms with Gasteiger partial charge in [-0.3, -0.25) is 9.69 Å². The van der Waals surface area contributed by atoms with Crippen LogP contribution < -0.4 is 4.90 Å². The predicted octanol–water partition coefficient (Wildman–Crippen LogP) is 3.23. The van der Waals surface area contributed by atoms with Crippen LogP contribution in [0.2, 0.25) is 0 Å². The number of nitrogens with zero attached hydrogens (tertiary/aromatic N) is 2. The number of para-hydroxylation sites is 1. The number of anilines is 1. The highest BCUT2D eigenvalue weighted by Gasteiger charge is 2.47. The van der Waals surface area contributed by atoms with E-state index in [1.54, 1.807) is 4.90 Å². The van der Waals surface area contributed by atoms with Crippen LogP contribution in [0.5, 0.6) is 0 Å². The molecule has 2 aromatic rings. The highest BCUT2D eigenvalue weighted by atomic mass is 16.2. The minimum absolute atomic E-state index is 0.00148. The summed E-state index contributed by atoms with van der Waals surface area (Å²) in [7, 11) is 0. The molecule has 2 aromatic carbocycles. The summed E-state index contributed by atoms with van der Waals surface area (Å²) in [5.74, 6) is 0.00148. The van der Waals surface area contributed by atoms with E-state index < -0.39 is 5.54 Å². The fourth-order valence-corrected chi connectivity index (χ4v) is 2.82. The van der Waals surface area contributed by atoms with Gasteiger partial charge in [-0.05, 0) is 24.1 Å². The number of hydrogen-bond acceptors (Lipinski definition) is 2. The van der Waals surface area contributed by atoms with E-state index in [0.29, 0.717) is 12.8 Å². The Labute approximate surface area is 118 Å². The molecule has 1 saturated heterocycles. The average molecular weight is 262 g/mol. The second kappa shape index (κ2) is 4.82. The quantitative estimate of drug-likeness (QED) is 0.834. The van der Waals surface area contributed by atoms with Gasteiger partial charge in [0.2, 0.25) is 5.91 Å². The Kier molecular flexibility index (Phi) is 3.00. The average Bonchev–Trinajstić information content (AvgIpc) is 2.87. The molecule has 0 aliphatic carbocycles. The summed E-state index contributed by atoms with van der Waals surface area (Å²) in [6.45, 7) is 0. The van der Waals surface area contributed by atoms with Gasteiger partial charge in [0, 0.05) is 12.1 Å². The summed E-state index contributed by atoms with van der Waals surface area (Å²) in [6.07, 6.45) is 0.929.